The zero-order chi connectivity index (χ0) is 10.8. The molecule has 1 aliphatic rings. The molecule has 1 atom stereocenters. The molecule has 3 nitrogen and oxygen atoms in total. The second-order valence-electron chi connectivity index (χ2n) is 3.65. The summed E-state index contributed by atoms with van der Waals surface area (Å²) < 4.78 is 1.02. The van der Waals surface area contributed by atoms with Crippen LogP contribution in [0.25, 0.3) is 0 Å². The van der Waals surface area contributed by atoms with Crippen LogP contribution in [0.4, 0.5) is 0 Å². The van der Waals surface area contributed by atoms with Crippen molar-refractivity contribution >= 4 is 27.5 Å². The molecular formula is C11H11BrN2O. The van der Waals surface area contributed by atoms with Crippen LogP contribution in [0.2, 0.25) is 0 Å². The molecule has 0 spiro atoms. The van der Waals surface area contributed by atoms with Crippen molar-refractivity contribution in [1.29, 1.82) is 0 Å². The van der Waals surface area contributed by atoms with E-state index in [4.69, 9.17) is 0 Å². The number of halogens is 1. The second-order valence-corrected chi connectivity index (χ2v) is 4.56. The molecule has 1 aromatic carbocycles. The molecule has 78 valence electrons. The zero-order valence-electron chi connectivity index (χ0n) is 8.33. The van der Waals surface area contributed by atoms with E-state index in [2.05, 4.69) is 26.5 Å². The molecule has 0 bridgehead atoms. The average Bonchev–Trinajstić information content (AvgIpc) is 2.17. The molecule has 1 aromatic rings. The van der Waals surface area contributed by atoms with Crippen LogP contribution in [0, 0.1) is 5.92 Å². The van der Waals surface area contributed by atoms with Gasteiger partial charge in [-0.25, -0.2) is 5.43 Å². The van der Waals surface area contributed by atoms with Crippen LogP contribution < -0.4 is 5.43 Å². The fraction of sp³-hybridized carbons (Fsp3) is 0.273. The lowest BCUT2D eigenvalue weighted by atomic mass is 9.94. The molecule has 2 rings (SSSR count). The van der Waals surface area contributed by atoms with Gasteiger partial charge in [0, 0.05) is 16.8 Å². The number of hydrogen-bond acceptors (Lipinski definition) is 2. The summed E-state index contributed by atoms with van der Waals surface area (Å²) in [6.45, 7) is 2.01. The maximum absolute atomic E-state index is 11.1. The van der Waals surface area contributed by atoms with E-state index in [0.29, 0.717) is 6.42 Å². The lowest BCUT2D eigenvalue weighted by Crippen LogP contribution is -2.31. The Hall–Kier alpha value is -1.16. The molecule has 1 heterocycles. The highest BCUT2D eigenvalue weighted by Crippen LogP contribution is 2.19. The van der Waals surface area contributed by atoms with Gasteiger partial charge in [0.25, 0.3) is 0 Å². The maximum atomic E-state index is 11.1. The summed E-state index contributed by atoms with van der Waals surface area (Å²) in [5, 5.41) is 4.10. The Morgan fingerprint density at radius 1 is 1.53 bits per heavy atom. The number of hydrogen-bond donors (Lipinski definition) is 1. The van der Waals surface area contributed by atoms with Gasteiger partial charge in [-0.15, -0.1) is 0 Å². The fourth-order valence-corrected chi connectivity index (χ4v) is 2.05. The largest absolute Gasteiger partial charge is 0.273 e. The van der Waals surface area contributed by atoms with Gasteiger partial charge >= 0.3 is 0 Å². The third-order valence-corrected chi connectivity index (χ3v) is 2.87. The number of nitrogens with zero attached hydrogens (tertiary/aromatic N) is 1. The van der Waals surface area contributed by atoms with Crippen molar-refractivity contribution in [1.82, 2.24) is 5.43 Å². The Bertz CT molecular complexity index is 428. The van der Waals surface area contributed by atoms with Crippen LogP contribution in [-0.2, 0) is 4.79 Å². The predicted molar refractivity (Wildman–Crippen MR) is 62.6 cm³/mol. The first-order valence-corrected chi connectivity index (χ1v) is 5.58. The van der Waals surface area contributed by atoms with Crippen LogP contribution in [0.15, 0.2) is 33.8 Å². The minimum atomic E-state index is -0.0127. The van der Waals surface area contributed by atoms with Crippen molar-refractivity contribution in [2.75, 3.05) is 0 Å². The molecule has 1 amide bonds. The number of amides is 1. The van der Waals surface area contributed by atoms with Gasteiger partial charge in [0.05, 0.1) is 5.71 Å². The first kappa shape index (κ1) is 10.4. The van der Waals surface area contributed by atoms with Crippen LogP contribution in [0.3, 0.4) is 0 Å². The van der Waals surface area contributed by atoms with E-state index in [1.807, 2.05) is 31.2 Å². The van der Waals surface area contributed by atoms with Gasteiger partial charge in [0.2, 0.25) is 5.91 Å². The van der Waals surface area contributed by atoms with Gasteiger partial charge in [0.15, 0.2) is 0 Å². The number of benzene rings is 1. The third-order valence-electron chi connectivity index (χ3n) is 2.38. The number of carbonyl (C=O) groups excluding carboxylic acids is 1. The summed E-state index contributed by atoms with van der Waals surface area (Å²) in [6.07, 6.45) is 0.505. The van der Waals surface area contributed by atoms with E-state index in [1.54, 1.807) is 0 Å². The smallest absolute Gasteiger partial charge is 0.240 e. The maximum Gasteiger partial charge on any atom is 0.240 e. The van der Waals surface area contributed by atoms with E-state index < -0.39 is 0 Å². The molecule has 0 aromatic heterocycles. The van der Waals surface area contributed by atoms with Crippen LogP contribution in [0.1, 0.15) is 18.9 Å². The SMILES string of the molecule is CC1CC(=O)NN=C1c1cccc(Br)c1. The highest BCUT2D eigenvalue weighted by atomic mass is 79.9. The lowest BCUT2D eigenvalue weighted by molar-refractivity contribution is -0.121. The van der Waals surface area contributed by atoms with Gasteiger partial charge in [0.1, 0.15) is 0 Å². The number of carbonyl (C=O) groups is 1. The van der Waals surface area contributed by atoms with E-state index >= 15 is 0 Å². The normalized spacial score (nSPS) is 20.8. The molecule has 0 radical (unpaired) electrons. The minimum Gasteiger partial charge on any atom is -0.273 e. The average molecular weight is 267 g/mol. The highest BCUT2D eigenvalue weighted by molar-refractivity contribution is 9.10. The third kappa shape index (κ3) is 2.26. The number of hydrazone groups is 1. The van der Waals surface area contributed by atoms with Crippen molar-refractivity contribution < 1.29 is 4.79 Å². The van der Waals surface area contributed by atoms with Crippen molar-refractivity contribution in [3.63, 3.8) is 0 Å². The van der Waals surface area contributed by atoms with Gasteiger partial charge < -0.3 is 0 Å². The first-order valence-electron chi connectivity index (χ1n) is 4.79. The summed E-state index contributed by atoms with van der Waals surface area (Å²) >= 11 is 3.42. The zero-order valence-corrected chi connectivity index (χ0v) is 9.91. The summed E-state index contributed by atoms with van der Waals surface area (Å²) in [6, 6.07) is 7.94. The van der Waals surface area contributed by atoms with Crippen molar-refractivity contribution in [3.05, 3.63) is 34.3 Å². The van der Waals surface area contributed by atoms with E-state index in [-0.39, 0.29) is 11.8 Å². The molecule has 4 heteroatoms. The molecule has 0 fully saturated rings. The van der Waals surface area contributed by atoms with Crippen molar-refractivity contribution in [2.45, 2.75) is 13.3 Å². The van der Waals surface area contributed by atoms with Gasteiger partial charge in [-0.2, -0.15) is 5.10 Å². The van der Waals surface area contributed by atoms with Gasteiger partial charge in [-0.3, -0.25) is 4.79 Å². The quantitative estimate of drug-likeness (QED) is 0.833. The summed E-state index contributed by atoms with van der Waals surface area (Å²) in [5.41, 5.74) is 4.51. The van der Waals surface area contributed by atoms with Crippen molar-refractivity contribution in [2.24, 2.45) is 11.0 Å². The number of rotatable bonds is 1. The molecule has 0 saturated heterocycles. The fourth-order valence-electron chi connectivity index (χ4n) is 1.65. The predicted octanol–water partition coefficient (Wildman–Crippen LogP) is 2.31. The topological polar surface area (TPSA) is 41.5 Å². The first-order chi connectivity index (χ1) is 7.16. The minimum absolute atomic E-state index is 0.0127. The summed E-state index contributed by atoms with van der Waals surface area (Å²) in [7, 11) is 0. The van der Waals surface area contributed by atoms with E-state index in [0.717, 1.165) is 15.7 Å². The van der Waals surface area contributed by atoms with E-state index in [1.165, 1.54) is 0 Å². The van der Waals surface area contributed by atoms with Crippen LogP contribution in [-0.4, -0.2) is 11.6 Å². The molecule has 15 heavy (non-hydrogen) atoms. The standard InChI is InChI=1S/C11H11BrN2O/c1-7-5-10(15)13-14-11(7)8-3-2-4-9(12)6-8/h2-4,6-7H,5H2,1H3,(H,13,15). The van der Waals surface area contributed by atoms with Gasteiger partial charge in [-0.05, 0) is 17.7 Å². The molecule has 0 saturated carbocycles. The van der Waals surface area contributed by atoms with Crippen LogP contribution in [0.5, 0.6) is 0 Å². The Morgan fingerprint density at radius 3 is 3.00 bits per heavy atom. The van der Waals surface area contributed by atoms with Gasteiger partial charge in [-0.1, -0.05) is 35.0 Å². The van der Waals surface area contributed by atoms with Crippen LogP contribution >= 0.6 is 15.9 Å². The van der Waals surface area contributed by atoms with Crippen molar-refractivity contribution in [3.8, 4) is 0 Å². The molecule has 1 N–H and O–H groups in total. The Kier molecular flexibility index (Phi) is 2.86. The molecule has 0 aliphatic carbocycles. The lowest BCUT2D eigenvalue weighted by Gasteiger charge is -2.19. The van der Waals surface area contributed by atoms with E-state index in [9.17, 15) is 4.79 Å². The molecular weight excluding hydrogens is 256 g/mol. The Balaban J connectivity index is 2.35. The summed E-state index contributed by atoms with van der Waals surface area (Å²) in [5.74, 6) is 0.161. The second kappa shape index (κ2) is 4.14. The number of nitrogens with one attached hydrogen (secondary N) is 1. The Labute approximate surface area is 96.7 Å². The Morgan fingerprint density at radius 2 is 2.33 bits per heavy atom. The monoisotopic (exact) mass is 266 g/mol. The molecule has 1 aliphatic heterocycles. The highest BCUT2D eigenvalue weighted by Gasteiger charge is 2.21. The summed E-state index contributed by atoms with van der Waals surface area (Å²) in [4.78, 5) is 11.1. The molecule has 1 unspecified atom stereocenters.